The minimum Gasteiger partial charge on any atom is -0.399 e. The predicted octanol–water partition coefficient (Wildman–Crippen LogP) is 2.89. The van der Waals surface area contributed by atoms with E-state index in [1.807, 2.05) is 43.3 Å². The smallest absolute Gasteiger partial charge is 0.0460 e. The Morgan fingerprint density at radius 3 is 2.41 bits per heavy atom. The van der Waals surface area contributed by atoms with Crippen molar-refractivity contribution in [3.8, 4) is 0 Å². The van der Waals surface area contributed by atoms with Crippen molar-refractivity contribution in [1.82, 2.24) is 0 Å². The maximum atomic E-state index is 5.97. The Labute approximate surface area is 105 Å². The topological polar surface area (TPSA) is 78.1 Å². The Hall–Kier alpha value is -1.81. The van der Waals surface area contributed by atoms with E-state index >= 15 is 0 Å². The van der Waals surface area contributed by atoms with Gasteiger partial charge < -0.3 is 17.2 Å². The molecule has 17 heavy (non-hydrogen) atoms. The zero-order valence-corrected chi connectivity index (χ0v) is 10.4. The first kappa shape index (κ1) is 11.7. The van der Waals surface area contributed by atoms with Gasteiger partial charge in [0.1, 0.15) is 0 Å². The molecule has 0 aliphatic heterocycles. The first-order valence-corrected chi connectivity index (χ1v) is 6.07. The molecular weight excluding hydrogens is 230 g/mol. The van der Waals surface area contributed by atoms with Crippen LogP contribution in [0.5, 0.6) is 0 Å². The molecule has 0 heterocycles. The standard InChI is InChI=1S/C13H15N3S/c1-8-5-12(16)13(7-11(8)15)17-10-4-2-3-9(14)6-10/h2-7H,14-16H2,1H3. The molecule has 0 atom stereocenters. The average molecular weight is 245 g/mol. The summed E-state index contributed by atoms with van der Waals surface area (Å²) < 4.78 is 0. The van der Waals surface area contributed by atoms with E-state index in [4.69, 9.17) is 17.2 Å². The molecule has 2 aromatic rings. The third-order valence-electron chi connectivity index (χ3n) is 2.48. The summed E-state index contributed by atoms with van der Waals surface area (Å²) >= 11 is 1.57. The van der Waals surface area contributed by atoms with Crippen molar-refractivity contribution < 1.29 is 0 Å². The Balaban J connectivity index is 2.33. The van der Waals surface area contributed by atoms with Crippen molar-refractivity contribution in [2.45, 2.75) is 16.7 Å². The van der Waals surface area contributed by atoms with Gasteiger partial charge in [0, 0.05) is 26.9 Å². The highest BCUT2D eigenvalue weighted by atomic mass is 32.2. The molecule has 0 radical (unpaired) electrons. The summed E-state index contributed by atoms with van der Waals surface area (Å²) in [7, 11) is 0. The second-order valence-electron chi connectivity index (χ2n) is 3.92. The molecule has 88 valence electrons. The van der Waals surface area contributed by atoms with E-state index in [9.17, 15) is 0 Å². The van der Waals surface area contributed by atoms with Gasteiger partial charge in [0.05, 0.1) is 0 Å². The zero-order chi connectivity index (χ0) is 12.4. The van der Waals surface area contributed by atoms with Crippen molar-refractivity contribution in [2.24, 2.45) is 0 Å². The molecule has 4 heteroatoms. The molecule has 3 nitrogen and oxygen atoms in total. The van der Waals surface area contributed by atoms with Gasteiger partial charge in [-0.3, -0.25) is 0 Å². The SMILES string of the molecule is Cc1cc(N)c(Sc2cccc(N)c2)cc1N. The van der Waals surface area contributed by atoms with Gasteiger partial charge in [0.15, 0.2) is 0 Å². The number of rotatable bonds is 2. The quantitative estimate of drug-likeness (QED) is 0.711. The Bertz CT molecular complexity index is 552. The van der Waals surface area contributed by atoms with E-state index in [0.29, 0.717) is 0 Å². The number of hydrogen-bond acceptors (Lipinski definition) is 4. The van der Waals surface area contributed by atoms with Gasteiger partial charge in [-0.1, -0.05) is 17.8 Å². The molecule has 0 aliphatic rings. The van der Waals surface area contributed by atoms with Crippen LogP contribution in [0.3, 0.4) is 0 Å². The third kappa shape index (κ3) is 2.65. The van der Waals surface area contributed by atoms with Crippen LogP contribution in [0.1, 0.15) is 5.56 Å². The van der Waals surface area contributed by atoms with Crippen molar-refractivity contribution >= 4 is 28.8 Å². The lowest BCUT2D eigenvalue weighted by atomic mass is 10.2. The molecule has 6 N–H and O–H groups in total. The lowest BCUT2D eigenvalue weighted by Crippen LogP contribution is -1.95. The Kier molecular flexibility index (Phi) is 3.15. The molecule has 2 rings (SSSR count). The summed E-state index contributed by atoms with van der Waals surface area (Å²) in [5.74, 6) is 0. The number of nitrogens with two attached hydrogens (primary N) is 3. The fraction of sp³-hybridized carbons (Fsp3) is 0.0769. The summed E-state index contributed by atoms with van der Waals surface area (Å²) in [6.07, 6.45) is 0. The Morgan fingerprint density at radius 1 is 0.941 bits per heavy atom. The largest absolute Gasteiger partial charge is 0.399 e. The van der Waals surface area contributed by atoms with Gasteiger partial charge in [0.25, 0.3) is 0 Å². The van der Waals surface area contributed by atoms with E-state index in [-0.39, 0.29) is 0 Å². The lowest BCUT2D eigenvalue weighted by molar-refractivity contribution is 1.37. The minimum absolute atomic E-state index is 0.740. The predicted molar refractivity (Wildman–Crippen MR) is 75.0 cm³/mol. The second-order valence-corrected chi connectivity index (χ2v) is 5.04. The highest BCUT2D eigenvalue weighted by Crippen LogP contribution is 2.35. The molecule has 0 amide bonds. The molecule has 0 unspecified atom stereocenters. The molecular formula is C13H15N3S. The first-order valence-electron chi connectivity index (χ1n) is 5.25. The van der Waals surface area contributed by atoms with Gasteiger partial charge in [-0.15, -0.1) is 0 Å². The van der Waals surface area contributed by atoms with Gasteiger partial charge in [-0.25, -0.2) is 0 Å². The third-order valence-corrected chi connectivity index (χ3v) is 3.55. The van der Waals surface area contributed by atoms with E-state index in [0.717, 1.165) is 32.4 Å². The summed E-state index contributed by atoms with van der Waals surface area (Å²) in [5.41, 5.74) is 20.8. The summed E-state index contributed by atoms with van der Waals surface area (Å²) in [6, 6.07) is 11.5. The molecule has 0 aliphatic carbocycles. The van der Waals surface area contributed by atoms with Crippen LogP contribution >= 0.6 is 11.8 Å². The highest BCUT2D eigenvalue weighted by Gasteiger charge is 2.05. The van der Waals surface area contributed by atoms with Crippen LogP contribution in [0.2, 0.25) is 0 Å². The molecule has 0 fully saturated rings. The van der Waals surface area contributed by atoms with E-state index in [2.05, 4.69) is 0 Å². The molecule has 0 bridgehead atoms. The molecule has 0 saturated carbocycles. The first-order chi connectivity index (χ1) is 8.06. The summed E-state index contributed by atoms with van der Waals surface area (Å²) in [6.45, 7) is 1.95. The molecule has 2 aromatic carbocycles. The van der Waals surface area contributed by atoms with E-state index < -0.39 is 0 Å². The van der Waals surface area contributed by atoms with Crippen molar-refractivity contribution in [1.29, 1.82) is 0 Å². The highest BCUT2D eigenvalue weighted by molar-refractivity contribution is 7.99. The van der Waals surface area contributed by atoms with Gasteiger partial charge in [-0.05, 0) is 42.8 Å². The molecule has 0 saturated heterocycles. The number of hydrogen-bond donors (Lipinski definition) is 3. The molecule has 0 spiro atoms. The van der Waals surface area contributed by atoms with Gasteiger partial charge >= 0.3 is 0 Å². The van der Waals surface area contributed by atoms with Crippen molar-refractivity contribution in [3.63, 3.8) is 0 Å². The lowest BCUT2D eigenvalue weighted by Gasteiger charge is -2.09. The van der Waals surface area contributed by atoms with Crippen molar-refractivity contribution in [3.05, 3.63) is 42.0 Å². The van der Waals surface area contributed by atoms with Crippen LogP contribution in [-0.4, -0.2) is 0 Å². The van der Waals surface area contributed by atoms with Crippen LogP contribution < -0.4 is 17.2 Å². The maximum Gasteiger partial charge on any atom is 0.0460 e. The van der Waals surface area contributed by atoms with Gasteiger partial charge in [0.2, 0.25) is 0 Å². The summed E-state index contributed by atoms with van der Waals surface area (Å²) in [5, 5.41) is 0. The number of aryl methyl sites for hydroxylation is 1. The van der Waals surface area contributed by atoms with Crippen molar-refractivity contribution in [2.75, 3.05) is 17.2 Å². The zero-order valence-electron chi connectivity index (χ0n) is 9.60. The average Bonchev–Trinajstić information content (AvgIpc) is 2.26. The fourth-order valence-corrected chi connectivity index (χ4v) is 2.48. The van der Waals surface area contributed by atoms with Crippen LogP contribution in [0.25, 0.3) is 0 Å². The van der Waals surface area contributed by atoms with Crippen LogP contribution in [0, 0.1) is 6.92 Å². The van der Waals surface area contributed by atoms with Crippen LogP contribution in [0.4, 0.5) is 17.1 Å². The second kappa shape index (κ2) is 4.59. The fourth-order valence-electron chi connectivity index (χ4n) is 1.52. The minimum atomic E-state index is 0.740. The number of benzene rings is 2. The molecule has 0 aromatic heterocycles. The van der Waals surface area contributed by atoms with Crippen LogP contribution in [0.15, 0.2) is 46.2 Å². The van der Waals surface area contributed by atoms with Crippen LogP contribution in [-0.2, 0) is 0 Å². The van der Waals surface area contributed by atoms with E-state index in [1.165, 1.54) is 0 Å². The normalized spacial score (nSPS) is 10.4. The Morgan fingerprint density at radius 2 is 1.71 bits per heavy atom. The van der Waals surface area contributed by atoms with Gasteiger partial charge in [-0.2, -0.15) is 0 Å². The maximum absolute atomic E-state index is 5.97. The monoisotopic (exact) mass is 245 g/mol. The summed E-state index contributed by atoms with van der Waals surface area (Å²) in [4.78, 5) is 2.01. The van der Waals surface area contributed by atoms with E-state index in [1.54, 1.807) is 11.8 Å². The number of anilines is 3. The number of nitrogen functional groups attached to an aromatic ring is 3.